The lowest BCUT2D eigenvalue weighted by Gasteiger charge is -2.13. The molecule has 0 aliphatic heterocycles. The molecule has 1 aromatic carbocycles. The van der Waals surface area contributed by atoms with Crippen LogP contribution in [0.4, 0.5) is 23.0 Å². The molecule has 0 fully saturated rings. The van der Waals surface area contributed by atoms with E-state index in [0.29, 0.717) is 17.2 Å². The number of hydrogen-bond donors (Lipinski definition) is 2. The number of rotatable bonds is 5. The smallest absolute Gasteiger partial charge is 0.258 e. The van der Waals surface area contributed by atoms with Crippen LogP contribution in [0.15, 0.2) is 60.9 Å². The Morgan fingerprint density at radius 2 is 1.68 bits per heavy atom. The first-order chi connectivity index (χ1) is 12.1. The van der Waals surface area contributed by atoms with E-state index in [0.717, 1.165) is 11.4 Å². The van der Waals surface area contributed by atoms with Crippen molar-refractivity contribution in [3.8, 4) is 0 Å². The van der Waals surface area contributed by atoms with E-state index in [-0.39, 0.29) is 5.91 Å². The number of aromatic nitrogens is 3. The molecule has 1 amide bonds. The second-order valence-electron chi connectivity index (χ2n) is 5.57. The summed E-state index contributed by atoms with van der Waals surface area (Å²) >= 11 is 0. The van der Waals surface area contributed by atoms with Crippen LogP contribution in [-0.4, -0.2) is 35.2 Å². The summed E-state index contributed by atoms with van der Waals surface area (Å²) in [6.07, 6.45) is 3.11. The Morgan fingerprint density at radius 3 is 2.28 bits per heavy atom. The molecule has 25 heavy (non-hydrogen) atoms. The number of amides is 1. The van der Waals surface area contributed by atoms with Gasteiger partial charge < -0.3 is 15.5 Å². The van der Waals surface area contributed by atoms with E-state index in [2.05, 4.69) is 25.8 Å². The first-order valence-corrected chi connectivity index (χ1v) is 7.71. The lowest BCUT2D eigenvalue weighted by molar-refractivity contribution is 0.102. The van der Waals surface area contributed by atoms with E-state index in [1.54, 1.807) is 30.5 Å². The lowest BCUT2D eigenvalue weighted by atomic mass is 10.2. The van der Waals surface area contributed by atoms with Crippen molar-refractivity contribution in [3.63, 3.8) is 0 Å². The zero-order valence-electron chi connectivity index (χ0n) is 14.0. The van der Waals surface area contributed by atoms with Crippen LogP contribution in [-0.2, 0) is 0 Å². The van der Waals surface area contributed by atoms with Gasteiger partial charge in [0.25, 0.3) is 5.91 Å². The monoisotopic (exact) mass is 334 g/mol. The fourth-order valence-electron chi connectivity index (χ4n) is 2.14. The molecule has 0 aliphatic rings. The molecule has 0 saturated carbocycles. The van der Waals surface area contributed by atoms with E-state index in [4.69, 9.17) is 0 Å². The summed E-state index contributed by atoms with van der Waals surface area (Å²) in [5.74, 6) is 0.696. The molecule has 126 valence electrons. The SMILES string of the molecule is CN(C)c1ccc(Nc2ccc(NC(=O)c3cccnc3)nn2)cc1. The number of nitrogens with zero attached hydrogens (tertiary/aromatic N) is 4. The van der Waals surface area contributed by atoms with E-state index in [1.165, 1.54) is 6.20 Å². The summed E-state index contributed by atoms with van der Waals surface area (Å²) in [7, 11) is 3.98. The van der Waals surface area contributed by atoms with Crippen molar-refractivity contribution in [2.75, 3.05) is 29.6 Å². The van der Waals surface area contributed by atoms with Crippen LogP contribution in [0.25, 0.3) is 0 Å². The maximum absolute atomic E-state index is 12.0. The van der Waals surface area contributed by atoms with Gasteiger partial charge in [-0.3, -0.25) is 9.78 Å². The molecule has 0 radical (unpaired) electrons. The van der Waals surface area contributed by atoms with Gasteiger partial charge in [0, 0.05) is 37.9 Å². The summed E-state index contributed by atoms with van der Waals surface area (Å²) < 4.78 is 0. The minimum absolute atomic E-state index is 0.276. The molecule has 3 aromatic rings. The van der Waals surface area contributed by atoms with Crippen LogP contribution in [0, 0.1) is 0 Å². The Hall–Kier alpha value is -3.48. The Morgan fingerprint density at radius 1 is 0.960 bits per heavy atom. The van der Waals surface area contributed by atoms with Gasteiger partial charge >= 0.3 is 0 Å². The van der Waals surface area contributed by atoms with Crippen LogP contribution in [0.2, 0.25) is 0 Å². The van der Waals surface area contributed by atoms with Crippen molar-refractivity contribution in [3.05, 3.63) is 66.5 Å². The van der Waals surface area contributed by atoms with Crippen LogP contribution in [0.5, 0.6) is 0 Å². The second kappa shape index (κ2) is 7.39. The normalized spacial score (nSPS) is 10.2. The third kappa shape index (κ3) is 4.29. The van der Waals surface area contributed by atoms with Gasteiger partial charge in [0.2, 0.25) is 0 Å². The van der Waals surface area contributed by atoms with Gasteiger partial charge in [-0.1, -0.05) is 0 Å². The Balaban J connectivity index is 1.63. The molecule has 0 aliphatic carbocycles. The molecule has 3 rings (SSSR count). The van der Waals surface area contributed by atoms with Gasteiger partial charge in [0.15, 0.2) is 11.6 Å². The van der Waals surface area contributed by atoms with Crippen LogP contribution < -0.4 is 15.5 Å². The van der Waals surface area contributed by atoms with Crippen LogP contribution in [0.1, 0.15) is 10.4 Å². The highest BCUT2D eigenvalue weighted by molar-refractivity contribution is 6.03. The first kappa shape index (κ1) is 16.4. The van der Waals surface area contributed by atoms with Crippen molar-refractivity contribution in [1.29, 1.82) is 0 Å². The van der Waals surface area contributed by atoms with Gasteiger partial charge in [-0.15, -0.1) is 10.2 Å². The molecule has 2 N–H and O–H groups in total. The van der Waals surface area contributed by atoms with Crippen LogP contribution >= 0.6 is 0 Å². The summed E-state index contributed by atoms with van der Waals surface area (Å²) in [5, 5.41) is 13.9. The van der Waals surface area contributed by atoms with Gasteiger partial charge in [0.1, 0.15) is 0 Å². The minimum atomic E-state index is -0.276. The predicted octanol–water partition coefficient (Wildman–Crippen LogP) is 2.93. The number of nitrogens with one attached hydrogen (secondary N) is 2. The third-order valence-electron chi connectivity index (χ3n) is 3.49. The fraction of sp³-hybridized carbons (Fsp3) is 0.111. The van der Waals surface area contributed by atoms with E-state index < -0.39 is 0 Å². The Labute approximate surface area is 145 Å². The highest BCUT2D eigenvalue weighted by Gasteiger charge is 2.07. The Bertz CT molecular complexity index is 832. The molecular formula is C18H18N6O. The topological polar surface area (TPSA) is 83.0 Å². The van der Waals surface area contributed by atoms with Gasteiger partial charge in [-0.05, 0) is 48.5 Å². The zero-order chi connectivity index (χ0) is 17.6. The van der Waals surface area contributed by atoms with E-state index >= 15 is 0 Å². The lowest BCUT2D eigenvalue weighted by Crippen LogP contribution is -2.13. The summed E-state index contributed by atoms with van der Waals surface area (Å²) in [5.41, 5.74) is 2.49. The van der Waals surface area contributed by atoms with Crippen molar-refractivity contribution < 1.29 is 4.79 Å². The molecule has 0 saturated heterocycles. The van der Waals surface area contributed by atoms with Gasteiger partial charge in [0.05, 0.1) is 5.56 Å². The maximum atomic E-state index is 12.0. The molecule has 2 heterocycles. The van der Waals surface area contributed by atoms with Crippen molar-refractivity contribution in [2.45, 2.75) is 0 Å². The largest absolute Gasteiger partial charge is 0.378 e. The number of carbonyl (C=O) groups excluding carboxylic acids is 1. The molecule has 0 spiro atoms. The average molecular weight is 334 g/mol. The maximum Gasteiger partial charge on any atom is 0.258 e. The van der Waals surface area contributed by atoms with Gasteiger partial charge in [-0.25, -0.2) is 0 Å². The predicted molar refractivity (Wildman–Crippen MR) is 98.3 cm³/mol. The minimum Gasteiger partial charge on any atom is -0.378 e. The molecule has 2 aromatic heterocycles. The quantitative estimate of drug-likeness (QED) is 0.746. The molecule has 0 atom stereocenters. The van der Waals surface area contributed by atoms with Crippen molar-refractivity contribution in [1.82, 2.24) is 15.2 Å². The molecule has 0 unspecified atom stereocenters. The molecule has 0 bridgehead atoms. The van der Waals surface area contributed by atoms with E-state index in [9.17, 15) is 4.79 Å². The zero-order valence-corrected chi connectivity index (χ0v) is 14.0. The van der Waals surface area contributed by atoms with Crippen molar-refractivity contribution in [2.24, 2.45) is 0 Å². The Kier molecular flexibility index (Phi) is 4.84. The molecule has 7 nitrogen and oxygen atoms in total. The van der Waals surface area contributed by atoms with Crippen molar-refractivity contribution >= 4 is 28.9 Å². The molecule has 7 heteroatoms. The average Bonchev–Trinajstić information content (AvgIpc) is 2.64. The van der Waals surface area contributed by atoms with E-state index in [1.807, 2.05) is 43.3 Å². The molecular weight excluding hydrogens is 316 g/mol. The number of anilines is 4. The number of hydrogen-bond acceptors (Lipinski definition) is 6. The number of pyridine rings is 1. The highest BCUT2D eigenvalue weighted by Crippen LogP contribution is 2.19. The third-order valence-corrected chi connectivity index (χ3v) is 3.49. The highest BCUT2D eigenvalue weighted by atomic mass is 16.1. The summed E-state index contributed by atoms with van der Waals surface area (Å²) in [6.45, 7) is 0. The van der Waals surface area contributed by atoms with Gasteiger partial charge in [-0.2, -0.15) is 0 Å². The summed E-state index contributed by atoms with van der Waals surface area (Å²) in [6, 6.07) is 14.8. The first-order valence-electron chi connectivity index (χ1n) is 7.71. The van der Waals surface area contributed by atoms with Crippen LogP contribution in [0.3, 0.4) is 0 Å². The second-order valence-corrected chi connectivity index (χ2v) is 5.57. The fourth-order valence-corrected chi connectivity index (χ4v) is 2.14. The standard InChI is InChI=1S/C18H18N6O/c1-24(2)15-7-5-14(6-8-15)20-16-9-10-17(23-22-16)21-18(25)13-4-3-11-19-12-13/h3-12H,1-2H3,(H,20,22)(H,21,23,25). The summed E-state index contributed by atoms with van der Waals surface area (Å²) in [4.78, 5) is 18.0. The number of benzene rings is 1. The number of carbonyl (C=O) groups is 1.